The number of carbonyl (C=O) groups is 3. The van der Waals surface area contributed by atoms with Crippen LogP contribution in [-0.4, -0.2) is 48.8 Å². The number of rotatable bonds is 3. The van der Waals surface area contributed by atoms with Gasteiger partial charge in [-0.2, -0.15) is 9.61 Å². The summed E-state index contributed by atoms with van der Waals surface area (Å²) >= 11 is 0. The van der Waals surface area contributed by atoms with Crippen LogP contribution in [0.15, 0.2) is 36.5 Å². The van der Waals surface area contributed by atoms with Crippen molar-refractivity contribution in [2.75, 3.05) is 5.32 Å². The number of amides is 3. The van der Waals surface area contributed by atoms with E-state index in [9.17, 15) is 14.4 Å². The molecule has 5 rings (SSSR count). The van der Waals surface area contributed by atoms with E-state index in [1.807, 2.05) is 24.3 Å². The number of anilines is 1. The number of hydrogen-bond donors (Lipinski definition) is 2. The SMILES string of the molecule is CC(C)(C)Nc1c(-c2ccc3c(c2)CN(C2CCC(=O)NC2=O)C3=O)nc2cccnn12. The molecule has 1 saturated heterocycles. The lowest BCUT2D eigenvalue weighted by Gasteiger charge is -2.29. The van der Waals surface area contributed by atoms with E-state index in [1.165, 1.54) is 0 Å². The predicted molar refractivity (Wildman–Crippen MR) is 118 cm³/mol. The zero-order chi connectivity index (χ0) is 22.6. The average molecular weight is 432 g/mol. The normalized spacial score (nSPS) is 18.8. The van der Waals surface area contributed by atoms with E-state index < -0.39 is 11.9 Å². The Morgan fingerprint density at radius 1 is 1.16 bits per heavy atom. The minimum Gasteiger partial charge on any atom is -0.364 e. The maximum atomic E-state index is 13.0. The van der Waals surface area contributed by atoms with Crippen LogP contribution in [0.4, 0.5) is 5.82 Å². The third-order valence-corrected chi connectivity index (χ3v) is 5.68. The van der Waals surface area contributed by atoms with Crippen LogP contribution in [0.3, 0.4) is 0 Å². The summed E-state index contributed by atoms with van der Waals surface area (Å²) in [6.45, 7) is 6.52. The molecule has 164 valence electrons. The van der Waals surface area contributed by atoms with Crippen molar-refractivity contribution in [1.82, 2.24) is 24.8 Å². The van der Waals surface area contributed by atoms with Crippen molar-refractivity contribution in [2.24, 2.45) is 0 Å². The second-order valence-electron chi connectivity index (χ2n) is 9.25. The standard InChI is InChI=1S/C23H24N6O3/c1-23(2,3)27-20-19(25-17-5-4-10-24-29(17)20)13-6-7-15-14(11-13)12-28(22(15)32)16-8-9-18(30)26-21(16)31/h4-7,10-11,16,27H,8-9,12H2,1-3H3,(H,26,30,31). The van der Waals surface area contributed by atoms with Gasteiger partial charge in [0.15, 0.2) is 11.5 Å². The second kappa shape index (κ2) is 7.15. The summed E-state index contributed by atoms with van der Waals surface area (Å²) in [4.78, 5) is 43.1. The molecular formula is C23H24N6O3. The second-order valence-corrected chi connectivity index (χ2v) is 9.25. The molecular weight excluding hydrogens is 408 g/mol. The minimum atomic E-state index is -0.631. The van der Waals surface area contributed by atoms with Crippen molar-refractivity contribution in [3.05, 3.63) is 47.7 Å². The quantitative estimate of drug-likeness (QED) is 0.615. The molecule has 9 nitrogen and oxygen atoms in total. The highest BCUT2D eigenvalue weighted by molar-refractivity contribution is 6.05. The summed E-state index contributed by atoms with van der Waals surface area (Å²) in [7, 11) is 0. The van der Waals surface area contributed by atoms with Gasteiger partial charge in [-0.05, 0) is 57.0 Å². The van der Waals surface area contributed by atoms with E-state index in [-0.39, 0.29) is 23.8 Å². The number of carbonyl (C=O) groups excluding carboxylic acids is 3. The lowest BCUT2D eigenvalue weighted by molar-refractivity contribution is -0.136. The fourth-order valence-electron chi connectivity index (χ4n) is 4.28. The van der Waals surface area contributed by atoms with E-state index in [0.29, 0.717) is 18.5 Å². The van der Waals surface area contributed by atoms with Gasteiger partial charge in [-0.1, -0.05) is 6.07 Å². The van der Waals surface area contributed by atoms with Crippen molar-refractivity contribution in [1.29, 1.82) is 0 Å². The lowest BCUT2D eigenvalue weighted by Crippen LogP contribution is -2.52. The van der Waals surface area contributed by atoms with Gasteiger partial charge in [-0.15, -0.1) is 0 Å². The first-order valence-electron chi connectivity index (χ1n) is 10.6. The summed E-state index contributed by atoms with van der Waals surface area (Å²) in [6.07, 6.45) is 2.29. The molecule has 2 N–H and O–H groups in total. The van der Waals surface area contributed by atoms with Crippen LogP contribution in [0.5, 0.6) is 0 Å². The van der Waals surface area contributed by atoms with Gasteiger partial charge in [0.05, 0.1) is 0 Å². The molecule has 0 aliphatic carbocycles. The Labute approximate surface area is 184 Å². The van der Waals surface area contributed by atoms with E-state index in [2.05, 4.69) is 36.5 Å². The molecule has 9 heteroatoms. The van der Waals surface area contributed by atoms with E-state index in [0.717, 1.165) is 28.3 Å². The number of nitrogens with zero attached hydrogens (tertiary/aromatic N) is 4. The van der Waals surface area contributed by atoms with Crippen LogP contribution in [-0.2, 0) is 16.1 Å². The van der Waals surface area contributed by atoms with Gasteiger partial charge in [-0.25, -0.2) is 4.98 Å². The topological polar surface area (TPSA) is 109 Å². The molecule has 4 heterocycles. The molecule has 2 aliphatic heterocycles. The summed E-state index contributed by atoms with van der Waals surface area (Å²) in [5.74, 6) is -0.118. The number of nitrogens with one attached hydrogen (secondary N) is 2. The highest BCUT2D eigenvalue weighted by Crippen LogP contribution is 2.34. The van der Waals surface area contributed by atoms with Crippen LogP contribution < -0.4 is 10.6 Å². The number of imide groups is 1. The summed E-state index contributed by atoms with van der Waals surface area (Å²) in [5, 5.41) is 10.3. The van der Waals surface area contributed by atoms with Gasteiger partial charge in [0.1, 0.15) is 11.7 Å². The van der Waals surface area contributed by atoms with Crippen molar-refractivity contribution < 1.29 is 14.4 Å². The fraction of sp³-hybridized carbons (Fsp3) is 0.348. The Morgan fingerprint density at radius 3 is 2.72 bits per heavy atom. The molecule has 0 bridgehead atoms. The monoisotopic (exact) mass is 432 g/mol. The number of hydrogen-bond acceptors (Lipinski definition) is 6. The van der Waals surface area contributed by atoms with Crippen molar-refractivity contribution in [2.45, 2.75) is 51.7 Å². The molecule has 1 fully saturated rings. The Balaban J connectivity index is 1.52. The van der Waals surface area contributed by atoms with E-state index >= 15 is 0 Å². The molecule has 2 aromatic heterocycles. The van der Waals surface area contributed by atoms with Crippen LogP contribution in [0.2, 0.25) is 0 Å². The summed E-state index contributed by atoms with van der Waals surface area (Å²) in [5.41, 5.74) is 3.52. The molecule has 2 aliphatic rings. The van der Waals surface area contributed by atoms with Gasteiger partial charge in [0.25, 0.3) is 5.91 Å². The van der Waals surface area contributed by atoms with Gasteiger partial charge in [-0.3, -0.25) is 19.7 Å². The predicted octanol–water partition coefficient (Wildman–Crippen LogP) is 2.37. The Kier molecular flexibility index (Phi) is 4.51. The molecule has 0 radical (unpaired) electrons. The molecule has 3 aromatic rings. The van der Waals surface area contributed by atoms with Crippen molar-refractivity contribution in [3.8, 4) is 11.3 Å². The Hall–Kier alpha value is -3.75. The van der Waals surface area contributed by atoms with E-state index in [1.54, 1.807) is 21.7 Å². The number of aromatic nitrogens is 3. The summed E-state index contributed by atoms with van der Waals surface area (Å²) < 4.78 is 1.77. The first kappa shape index (κ1) is 20.2. The molecule has 1 aromatic carbocycles. The third-order valence-electron chi connectivity index (χ3n) is 5.68. The molecule has 0 saturated carbocycles. The molecule has 1 unspecified atom stereocenters. The van der Waals surface area contributed by atoms with Crippen LogP contribution in [0.1, 0.15) is 49.5 Å². The highest BCUT2D eigenvalue weighted by Gasteiger charge is 2.39. The molecule has 0 spiro atoms. The van der Waals surface area contributed by atoms with E-state index in [4.69, 9.17) is 4.98 Å². The zero-order valence-electron chi connectivity index (χ0n) is 18.2. The van der Waals surface area contributed by atoms with Crippen LogP contribution in [0, 0.1) is 0 Å². The highest BCUT2D eigenvalue weighted by atomic mass is 16.2. The lowest BCUT2D eigenvalue weighted by atomic mass is 10.0. The van der Waals surface area contributed by atoms with Crippen molar-refractivity contribution in [3.63, 3.8) is 0 Å². The number of imidazole rings is 1. The first-order chi connectivity index (χ1) is 15.2. The van der Waals surface area contributed by atoms with Gasteiger partial charge >= 0.3 is 0 Å². The fourth-order valence-corrected chi connectivity index (χ4v) is 4.28. The first-order valence-corrected chi connectivity index (χ1v) is 10.6. The Morgan fingerprint density at radius 2 is 1.97 bits per heavy atom. The number of benzene rings is 1. The van der Waals surface area contributed by atoms with Crippen LogP contribution in [0.25, 0.3) is 16.9 Å². The van der Waals surface area contributed by atoms with Gasteiger partial charge in [0, 0.05) is 35.8 Å². The maximum Gasteiger partial charge on any atom is 0.255 e. The maximum absolute atomic E-state index is 13.0. The molecule has 1 atom stereocenters. The Bertz CT molecular complexity index is 1270. The number of fused-ring (bicyclic) bond motifs is 2. The van der Waals surface area contributed by atoms with Gasteiger partial charge in [0.2, 0.25) is 11.8 Å². The average Bonchev–Trinajstić information content (AvgIpc) is 3.25. The van der Waals surface area contributed by atoms with Crippen LogP contribution >= 0.6 is 0 Å². The van der Waals surface area contributed by atoms with Crippen molar-refractivity contribution >= 4 is 29.2 Å². The minimum absolute atomic E-state index is 0.189. The smallest absolute Gasteiger partial charge is 0.255 e. The third kappa shape index (κ3) is 3.39. The zero-order valence-corrected chi connectivity index (χ0v) is 18.2. The molecule has 32 heavy (non-hydrogen) atoms. The number of piperidine rings is 1. The molecule has 3 amide bonds. The summed E-state index contributed by atoms with van der Waals surface area (Å²) in [6, 6.07) is 8.72. The van der Waals surface area contributed by atoms with Gasteiger partial charge < -0.3 is 10.2 Å². The largest absolute Gasteiger partial charge is 0.364 e.